The number of ketones is 2. The van der Waals surface area contributed by atoms with Gasteiger partial charge in [0.1, 0.15) is 5.70 Å². The van der Waals surface area contributed by atoms with Gasteiger partial charge in [0, 0.05) is 16.0 Å². The molecule has 2 aliphatic heterocycles. The molecule has 5 heteroatoms. The van der Waals surface area contributed by atoms with Crippen molar-refractivity contribution in [3.05, 3.63) is 107 Å². The number of aliphatic imine (C=N–C) groups is 1. The van der Waals surface area contributed by atoms with Gasteiger partial charge < -0.3 is 4.90 Å². The van der Waals surface area contributed by atoms with E-state index in [4.69, 9.17) is 4.99 Å². The second kappa shape index (κ2) is 6.03. The second-order valence-corrected chi connectivity index (χ2v) is 8.12. The highest BCUT2D eigenvalue weighted by molar-refractivity contribution is 8.14. The number of carbonyl (C=O) groups is 2. The second-order valence-electron chi connectivity index (χ2n) is 7.11. The lowest BCUT2D eigenvalue weighted by molar-refractivity contribution is 0.0967. The van der Waals surface area contributed by atoms with Crippen molar-refractivity contribution in [3.63, 3.8) is 0 Å². The number of anilines is 1. The number of benzene rings is 3. The van der Waals surface area contributed by atoms with Gasteiger partial charge in [-0.3, -0.25) is 9.59 Å². The van der Waals surface area contributed by atoms with Crippen LogP contribution in [0.4, 0.5) is 5.69 Å². The van der Waals surface area contributed by atoms with E-state index in [1.165, 1.54) is 11.8 Å². The van der Waals surface area contributed by atoms with Crippen LogP contribution in [0, 0.1) is 0 Å². The number of thioether (sulfide) groups is 1. The topological polar surface area (TPSA) is 49.7 Å². The maximum absolute atomic E-state index is 13.6. The van der Waals surface area contributed by atoms with Crippen LogP contribution in [0.15, 0.2) is 100 Å². The number of hydrogen-bond donors (Lipinski definition) is 0. The number of amidine groups is 1. The van der Waals surface area contributed by atoms with Crippen molar-refractivity contribution in [2.75, 3.05) is 4.90 Å². The smallest absolute Gasteiger partial charge is 0.212 e. The molecule has 4 nitrogen and oxygen atoms in total. The highest BCUT2D eigenvalue weighted by Gasteiger charge is 2.46. The van der Waals surface area contributed by atoms with Gasteiger partial charge in [-0.1, -0.05) is 66.7 Å². The Hall–Kier alpha value is -3.44. The molecule has 138 valence electrons. The van der Waals surface area contributed by atoms with Gasteiger partial charge in [0.05, 0.1) is 17.3 Å². The number of hydrogen-bond acceptors (Lipinski definition) is 5. The van der Waals surface area contributed by atoms with Crippen LogP contribution in [-0.4, -0.2) is 16.7 Å². The molecule has 2 heterocycles. The molecule has 0 fully saturated rings. The van der Waals surface area contributed by atoms with Crippen molar-refractivity contribution in [1.29, 1.82) is 0 Å². The van der Waals surface area contributed by atoms with Gasteiger partial charge in [0.25, 0.3) is 0 Å². The van der Waals surface area contributed by atoms with Crippen LogP contribution in [-0.2, 0) is 0 Å². The Morgan fingerprint density at radius 1 is 0.759 bits per heavy atom. The molecule has 3 aromatic carbocycles. The lowest BCUT2D eigenvalue weighted by Crippen LogP contribution is -2.40. The van der Waals surface area contributed by atoms with Crippen LogP contribution in [0.5, 0.6) is 0 Å². The zero-order chi connectivity index (χ0) is 19.5. The predicted molar refractivity (Wildman–Crippen MR) is 114 cm³/mol. The Morgan fingerprint density at radius 3 is 2.21 bits per heavy atom. The van der Waals surface area contributed by atoms with Gasteiger partial charge in [-0.2, -0.15) is 0 Å². The molecule has 29 heavy (non-hydrogen) atoms. The summed E-state index contributed by atoms with van der Waals surface area (Å²) in [6.07, 6.45) is 0. The number of fused-ring (bicyclic) bond motifs is 4. The van der Waals surface area contributed by atoms with E-state index in [9.17, 15) is 9.59 Å². The summed E-state index contributed by atoms with van der Waals surface area (Å²) in [5, 5.41) is 0.735. The van der Waals surface area contributed by atoms with Gasteiger partial charge in [0.15, 0.2) is 11.0 Å². The van der Waals surface area contributed by atoms with Crippen LogP contribution < -0.4 is 4.90 Å². The molecular weight excluding hydrogens is 380 g/mol. The summed E-state index contributed by atoms with van der Waals surface area (Å²) in [4.78, 5) is 34.7. The Kier molecular flexibility index (Phi) is 3.43. The van der Waals surface area contributed by atoms with Crippen LogP contribution in [0.25, 0.3) is 0 Å². The third-order valence-electron chi connectivity index (χ3n) is 5.52. The van der Waals surface area contributed by atoms with E-state index < -0.39 is 0 Å². The maximum Gasteiger partial charge on any atom is 0.212 e. The Balaban J connectivity index is 1.64. The molecule has 0 spiro atoms. The van der Waals surface area contributed by atoms with Crippen LogP contribution in [0.3, 0.4) is 0 Å². The van der Waals surface area contributed by atoms with Gasteiger partial charge >= 0.3 is 0 Å². The fourth-order valence-electron chi connectivity index (χ4n) is 4.24. The van der Waals surface area contributed by atoms with E-state index in [0.29, 0.717) is 16.7 Å². The van der Waals surface area contributed by atoms with E-state index in [1.807, 2.05) is 54.6 Å². The quantitative estimate of drug-likeness (QED) is 0.580. The normalized spacial score (nSPS) is 19.4. The van der Waals surface area contributed by atoms with E-state index in [0.717, 1.165) is 21.3 Å². The molecule has 3 aliphatic rings. The average molecular weight is 394 g/mol. The number of para-hydroxylation sites is 1. The fourth-order valence-corrected chi connectivity index (χ4v) is 5.29. The number of allylic oxidation sites excluding steroid dienone is 1. The molecule has 0 bridgehead atoms. The van der Waals surface area contributed by atoms with Crippen molar-refractivity contribution < 1.29 is 9.59 Å². The Labute approximate surface area is 171 Å². The molecule has 0 aromatic heterocycles. The Bertz CT molecular complexity index is 1280. The van der Waals surface area contributed by atoms with Crippen molar-refractivity contribution in [2.24, 2.45) is 4.99 Å². The minimum atomic E-state index is -0.389. The zero-order valence-corrected chi connectivity index (χ0v) is 16.0. The van der Waals surface area contributed by atoms with Crippen molar-refractivity contribution in [2.45, 2.75) is 10.9 Å². The number of nitrogens with zero attached hydrogens (tertiary/aromatic N) is 2. The van der Waals surface area contributed by atoms with Gasteiger partial charge in [-0.25, -0.2) is 4.99 Å². The van der Waals surface area contributed by atoms with Crippen LogP contribution in [0.1, 0.15) is 32.3 Å². The third-order valence-corrected chi connectivity index (χ3v) is 6.55. The number of Topliss-reactive ketones (excluding diaryl/α,β-unsaturated/α-hetero) is 2. The lowest BCUT2D eigenvalue weighted by Gasteiger charge is -2.37. The minimum absolute atomic E-state index is 0.124. The van der Waals surface area contributed by atoms with E-state index in [2.05, 4.69) is 4.90 Å². The molecule has 0 saturated heterocycles. The number of carbonyl (C=O) groups excluding carboxylic acids is 2. The van der Waals surface area contributed by atoms with Gasteiger partial charge in [0.2, 0.25) is 5.78 Å². The minimum Gasteiger partial charge on any atom is -0.308 e. The van der Waals surface area contributed by atoms with Crippen LogP contribution >= 0.6 is 11.8 Å². The van der Waals surface area contributed by atoms with E-state index in [-0.39, 0.29) is 23.3 Å². The molecule has 6 rings (SSSR count). The SMILES string of the molecule is O=C1C2=C(C(=O)c3ccccc31)C(c1ccccc1)N1C(=N2)Sc2ccccc21. The Morgan fingerprint density at radius 2 is 1.41 bits per heavy atom. The largest absolute Gasteiger partial charge is 0.308 e. The highest BCUT2D eigenvalue weighted by atomic mass is 32.2. The monoisotopic (exact) mass is 394 g/mol. The molecule has 3 aromatic rings. The molecule has 1 aliphatic carbocycles. The van der Waals surface area contributed by atoms with Gasteiger partial charge in [-0.05, 0) is 29.5 Å². The summed E-state index contributed by atoms with van der Waals surface area (Å²) in [6.45, 7) is 0. The number of rotatable bonds is 1. The first-order chi connectivity index (χ1) is 14.2. The van der Waals surface area contributed by atoms with Crippen molar-refractivity contribution in [1.82, 2.24) is 0 Å². The summed E-state index contributed by atoms with van der Waals surface area (Å²) >= 11 is 1.54. The molecule has 0 saturated carbocycles. The summed E-state index contributed by atoms with van der Waals surface area (Å²) in [5.74, 6) is -0.305. The fraction of sp³-hybridized carbons (Fsp3) is 0.0417. The molecule has 1 unspecified atom stereocenters. The average Bonchev–Trinajstić information content (AvgIpc) is 3.15. The first-order valence-corrected chi connectivity index (χ1v) is 10.2. The summed E-state index contributed by atoms with van der Waals surface area (Å²) in [6, 6.07) is 24.6. The highest BCUT2D eigenvalue weighted by Crippen LogP contribution is 2.51. The zero-order valence-electron chi connectivity index (χ0n) is 15.2. The van der Waals surface area contributed by atoms with Crippen molar-refractivity contribution in [3.8, 4) is 0 Å². The third kappa shape index (κ3) is 2.25. The maximum atomic E-state index is 13.6. The summed E-state index contributed by atoms with van der Waals surface area (Å²) in [7, 11) is 0. The molecule has 0 N–H and O–H groups in total. The lowest BCUT2D eigenvalue weighted by atomic mass is 9.81. The standard InChI is InChI=1S/C24H14N2O2S/c27-22-15-10-4-5-11-16(15)23(28)20-19(22)21(14-8-2-1-3-9-14)26-17-12-6-7-13-18(17)29-24(26)25-20/h1-13,21H. The van der Waals surface area contributed by atoms with E-state index in [1.54, 1.807) is 24.3 Å². The van der Waals surface area contributed by atoms with Crippen molar-refractivity contribution >= 4 is 34.2 Å². The molecule has 0 amide bonds. The molecule has 1 atom stereocenters. The van der Waals surface area contributed by atoms with Gasteiger partial charge in [-0.15, -0.1) is 0 Å². The first-order valence-electron chi connectivity index (χ1n) is 9.36. The van der Waals surface area contributed by atoms with Crippen LogP contribution in [0.2, 0.25) is 0 Å². The summed E-state index contributed by atoms with van der Waals surface area (Å²) in [5.41, 5.74) is 3.59. The molecular formula is C24H14N2O2S. The van der Waals surface area contributed by atoms with E-state index >= 15 is 0 Å². The first kappa shape index (κ1) is 16.5. The molecule has 0 radical (unpaired) electrons. The predicted octanol–water partition coefficient (Wildman–Crippen LogP) is 5.04. The summed E-state index contributed by atoms with van der Waals surface area (Å²) < 4.78 is 0.